The quantitative estimate of drug-likeness (QED) is 0.357. The Labute approximate surface area is 188 Å². The highest BCUT2D eigenvalue weighted by molar-refractivity contribution is 7.14. The highest BCUT2D eigenvalue weighted by Gasteiger charge is 2.20. The van der Waals surface area contributed by atoms with Gasteiger partial charge in [0.05, 0.1) is 10.6 Å². The van der Waals surface area contributed by atoms with Crippen LogP contribution in [0.2, 0.25) is 0 Å². The number of nitrogens with zero attached hydrogens (tertiary/aromatic N) is 2. The number of thiazole rings is 1. The van der Waals surface area contributed by atoms with E-state index in [0.717, 1.165) is 11.3 Å². The summed E-state index contributed by atoms with van der Waals surface area (Å²) in [5, 5.41) is 7.22. The largest absolute Gasteiger partial charge is 0.321 e. The minimum Gasteiger partial charge on any atom is -0.321 e. The number of hydrogen-bond acceptors (Lipinski definition) is 5. The summed E-state index contributed by atoms with van der Waals surface area (Å²) in [6.07, 6.45) is 1.67. The summed E-state index contributed by atoms with van der Waals surface area (Å²) in [6.45, 7) is 4.11. The van der Waals surface area contributed by atoms with Crippen molar-refractivity contribution < 1.29 is 9.59 Å². The zero-order chi connectivity index (χ0) is 21.6. The highest BCUT2D eigenvalue weighted by Crippen LogP contribution is 2.28. The Morgan fingerprint density at radius 1 is 1.03 bits per heavy atom. The number of benzene rings is 2. The molecule has 0 bridgehead atoms. The average molecular weight is 446 g/mol. The summed E-state index contributed by atoms with van der Waals surface area (Å²) in [5.41, 5.74) is 2.84. The van der Waals surface area contributed by atoms with Crippen LogP contribution in [0.25, 0.3) is 11.3 Å². The predicted molar refractivity (Wildman–Crippen MR) is 128 cm³/mol. The summed E-state index contributed by atoms with van der Waals surface area (Å²) in [6, 6.07) is 20.3. The fourth-order valence-electron chi connectivity index (χ4n) is 2.99. The topological polar surface area (TPSA) is 62.3 Å². The van der Waals surface area contributed by atoms with Gasteiger partial charge < -0.3 is 5.32 Å². The molecule has 4 aromatic rings. The van der Waals surface area contributed by atoms with Gasteiger partial charge in [-0.3, -0.25) is 14.5 Å². The van der Waals surface area contributed by atoms with Crippen molar-refractivity contribution >= 4 is 45.3 Å². The second-order valence-electron chi connectivity index (χ2n) is 6.60. The number of hydrogen-bond donors (Lipinski definition) is 1. The van der Waals surface area contributed by atoms with Crippen LogP contribution >= 0.6 is 22.7 Å². The van der Waals surface area contributed by atoms with Crippen LogP contribution in [0.4, 0.5) is 10.8 Å². The van der Waals surface area contributed by atoms with E-state index in [0.29, 0.717) is 27.8 Å². The second kappa shape index (κ2) is 9.51. The summed E-state index contributed by atoms with van der Waals surface area (Å²) in [4.78, 5) is 32.5. The molecule has 0 atom stereocenters. The lowest BCUT2D eigenvalue weighted by molar-refractivity contribution is 0.0987. The molecule has 154 valence electrons. The minimum atomic E-state index is -0.207. The molecule has 0 radical (unpaired) electrons. The number of nitrogens with one attached hydrogen (secondary N) is 1. The molecule has 2 amide bonds. The summed E-state index contributed by atoms with van der Waals surface area (Å²) < 4.78 is 0. The molecule has 7 heteroatoms. The highest BCUT2D eigenvalue weighted by atomic mass is 32.1. The minimum absolute atomic E-state index is 0.199. The first-order chi connectivity index (χ1) is 15.2. The fourth-order valence-corrected chi connectivity index (χ4v) is 4.45. The first kappa shape index (κ1) is 20.7. The standard InChI is InChI=1S/C24H19N3O2S2/c1-2-13-27(24-26-20(16-31-24)17-8-4-3-5-9-17)23(29)18-10-6-11-19(15-18)25-22(28)21-12-7-14-30-21/h2-12,14-16H,1,13H2,(H,25,28). The normalized spacial score (nSPS) is 10.5. The first-order valence-electron chi connectivity index (χ1n) is 9.54. The third-order valence-corrected chi connectivity index (χ3v) is 6.19. The van der Waals surface area contributed by atoms with E-state index in [4.69, 9.17) is 0 Å². The van der Waals surface area contributed by atoms with Crippen molar-refractivity contribution in [2.45, 2.75) is 0 Å². The molecule has 5 nitrogen and oxygen atoms in total. The van der Waals surface area contributed by atoms with Crippen LogP contribution in [0.15, 0.2) is 90.1 Å². The molecule has 1 N–H and O–H groups in total. The number of carbonyl (C=O) groups excluding carboxylic acids is 2. The molecule has 0 aliphatic rings. The van der Waals surface area contributed by atoms with Crippen LogP contribution in [0, 0.1) is 0 Å². The summed E-state index contributed by atoms with van der Waals surface area (Å²) in [5.74, 6) is -0.406. The number of aromatic nitrogens is 1. The zero-order valence-corrected chi connectivity index (χ0v) is 18.2. The molecule has 2 aromatic heterocycles. The molecule has 4 rings (SSSR count). The third kappa shape index (κ3) is 4.79. The molecule has 2 heterocycles. The Hall–Kier alpha value is -3.55. The van der Waals surface area contributed by atoms with Gasteiger partial charge in [-0.15, -0.1) is 29.3 Å². The van der Waals surface area contributed by atoms with Crippen LogP contribution in [-0.2, 0) is 0 Å². The van der Waals surface area contributed by atoms with Crippen molar-refractivity contribution in [2.75, 3.05) is 16.8 Å². The van der Waals surface area contributed by atoms with Crippen LogP contribution in [0.3, 0.4) is 0 Å². The maximum atomic E-state index is 13.3. The van der Waals surface area contributed by atoms with Crippen molar-refractivity contribution in [1.29, 1.82) is 0 Å². The van der Waals surface area contributed by atoms with Gasteiger partial charge >= 0.3 is 0 Å². The monoisotopic (exact) mass is 445 g/mol. The predicted octanol–water partition coefficient (Wildman–Crippen LogP) is 5.96. The molecule has 0 spiro atoms. The third-order valence-electron chi connectivity index (χ3n) is 4.46. The maximum absolute atomic E-state index is 13.3. The van der Waals surface area contributed by atoms with Gasteiger partial charge in [0, 0.05) is 28.7 Å². The van der Waals surface area contributed by atoms with Gasteiger partial charge in [-0.2, -0.15) is 0 Å². The van der Waals surface area contributed by atoms with Gasteiger partial charge in [-0.25, -0.2) is 4.98 Å². The number of rotatable bonds is 7. The number of thiophene rings is 1. The van der Waals surface area contributed by atoms with E-state index in [9.17, 15) is 9.59 Å². The maximum Gasteiger partial charge on any atom is 0.265 e. The van der Waals surface area contributed by atoms with E-state index in [-0.39, 0.29) is 11.8 Å². The van der Waals surface area contributed by atoms with Gasteiger partial charge in [0.25, 0.3) is 11.8 Å². The van der Waals surface area contributed by atoms with E-state index in [1.165, 1.54) is 22.7 Å². The van der Waals surface area contributed by atoms with Crippen molar-refractivity contribution in [3.8, 4) is 11.3 Å². The Morgan fingerprint density at radius 2 is 1.87 bits per heavy atom. The molecule has 0 unspecified atom stereocenters. The lowest BCUT2D eigenvalue weighted by Crippen LogP contribution is -2.31. The molecule has 2 aromatic carbocycles. The zero-order valence-electron chi connectivity index (χ0n) is 16.5. The molecule has 0 fully saturated rings. The summed E-state index contributed by atoms with van der Waals surface area (Å²) >= 11 is 2.77. The van der Waals surface area contributed by atoms with Crippen LogP contribution in [0.1, 0.15) is 20.0 Å². The van der Waals surface area contributed by atoms with Gasteiger partial charge in [-0.1, -0.05) is 48.5 Å². The van der Waals surface area contributed by atoms with E-state index >= 15 is 0 Å². The van der Waals surface area contributed by atoms with Crippen molar-refractivity contribution in [1.82, 2.24) is 4.98 Å². The Bertz CT molecular complexity index is 1200. The molecular formula is C24H19N3O2S2. The Morgan fingerprint density at radius 3 is 2.61 bits per heavy atom. The van der Waals surface area contributed by atoms with Gasteiger partial charge in [0.2, 0.25) is 0 Å². The SMILES string of the molecule is C=CCN(C(=O)c1cccc(NC(=O)c2cccs2)c1)c1nc(-c2ccccc2)cs1. The van der Waals surface area contributed by atoms with Crippen LogP contribution in [-0.4, -0.2) is 23.3 Å². The summed E-state index contributed by atoms with van der Waals surface area (Å²) in [7, 11) is 0. The number of anilines is 2. The van der Waals surface area contributed by atoms with Crippen molar-refractivity contribution in [2.24, 2.45) is 0 Å². The second-order valence-corrected chi connectivity index (χ2v) is 8.38. The smallest absolute Gasteiger partial charge is 0.265 e. The van der Waals surface area contributed by atoms with Gasteiger partial charge in [-0.05, 0) is 29.6 Å². The Kier molecular flexibility index (Phi) is 6.35. The van der Waals surface area contributed by atoms with Crippen molar-refractivity contribution in [3.05, 3.63) is 101 Å². The van der Waals surface area contributed by atoms with Gasteiger partial charge in [0.15, 0.2) is 5.13 Å². The molecule has 0 aliphatic carbocycles. The lowest BCUT2D eigenvalue weighted by atomic mass is 10.1. The number of amides is 2. The molecule has 0 saturated carbocycles. The first-order valence-corrected chi connectivity index (χ1v) is 11.3. The number of carbonyl (C=O) groups is 2. The lowest BCUT2D eigenvalue weighted by Gasteiger charge is -2.18. The molecule has 31 heavy (non-hydrogen) atoms. The van der Waals surface area contributed by atoms with Crippen LogP contribution in [0.5, 0.6) is 0 Å². The van der Waals surface area contributed by atoms with E-state index < -0.39 is 0 Å². The average Bonchev–Trinajstić information content (AvgIpc) is 3.50. The molecule has 0 aliphatic heterocycles. The molecule has 0 saturated heterocycles. The van der Waals surface area contributed by atoms with Gasteiger partial charge in [0.1, 0.15) is 0 Å². The van der Waals surface area contributed by atoms with E-state index in [1.54, 1.807) is 41.3 Å². The Balaban J connectivity index is 1.57. The van der Waals surface area contributed by atoms with E-state index in [2.05, 4.69) is 16.9 Å². The van der Waals surface area contributed by atoms with Crippen molar-refractivity contribution in [3.63, 3.8) is 0 Å². The van der Waals surface area contributed by atoms with E-state index in [1.807, 2.05) is 47.2 Å². The fraction of sp³-hybridized carbons (Fsp3) is 0.0417. The molecular weight excluding hydrogens is 426 g/mol. The van der Waals surface area contributed by atoms with Crippen LogP contribution < -0.4 is 10.2 Å².